The zero-order chi connectivity index (χ0) is 12.5. The molecule has 0 bridgehead atoms. The van der Waals surface area contributed by atoms with E-state index in [0.717, 1.165) is 5.69 Å². The van der Waals surface area contributed by atoms with Crippen molar-refractivity contribution in [2.24, 2.45) is 0 Å². The summed E-state index contributed by atoms with van der Waals surface area (Å²) in [7, 11) is 3.16. The Hall–Kier alpha value is -1.04. The van der Waals surface area contributed by atoms with Crippen molar-refractivity contribution in [3.8, 4) is 0 Å². The first-order chi connectivity index (χ1) is 8.26. The number of methoxy groups -OCH3 is 2. The number of benzene rings is 1. The van der Waals surface area contributed by atoms with E-state index in [-0.39, 0.29) is 12.2 Å². The van der Waals surface area contributed by atoms with Gasteiger partial charge in [0.1, 0.15) is 0 Å². The van der Waals surface area contributed by atoms with Crippen LogP contribution in [0.25, 0.3) is 0 Å². The molecular formula is C12H17NO3S. The molecule has 1 amide bonds. The molecule has 0 heterocycles. The van der Waals surface area contributed by atoms with E-state index in [9.17, 15) is 4.79 Å². The van der Waals surface area contributed by atoms with Gasteiger partial charge in [0.25, 0.3) is 0 Å². The van der Waals surface area contributed by atoms with Crippen molar-refractivity contribution >= 4 is 23.4 Å². The Balaban J connectivity index is 2.22. The average Bonchev–Trinajstić information content (AvgIpc) is 2.36. The second kappa shape index (κ2) is 8.11. The van der Waals surface area contributed by atoms with Crippen molar-refractivity contribution in [2.45, 2.75) is 6.29 Å². The van der Waals surface area contributed by atoms with E-state index >= 15 is 0 Å². The summed E-state index contributed by atoms with van der Waals surface area (Å²) in [5, 5.41) is 2.81. The number of carbonyl (C=O) groups excluding carboxylic acids is 1. The molecule has 0 fully saturated rings. The van der Waals surface area contributed by atoms with Crippen LogP contribution in [0.5, 0.6) is 0 Å². The maximum absolute atomic E-state index is 11.6. The normalized spacial score (nSPS) is 10.5. The van der Waals surface area contributed by atoms with Crippen molar-refractivity contribution < 1.29 is 14.3 Å². The van der Waals surface area contributed by atoms with Crippen LogP contribution in [0.2, 0.25) is 0 Å². The van der Waals surface area contributed by atoms with Gasteiger partial charge < -0.3 is 14.8 Å². The van der Waals surface area contributed by atoms with Crippen molar-refractivity contribution in [1.82, 2.24) is 0 Å². The van der Waals surface area contributed by atoms with Gasteiger partial charge in [-0.3, -0.25) is 4.79 Å². The van der Waals surface area contributed by atoms with Crippen LogP contribution in [0, 0.1) is 0 Å². The number of anilines is 1. The lowest BCUT2D eigenvalue weighted by Gasteiger charge is -2.12. The molecule has 1 rings (SSSR count). The highest BCUT2D eigenvalue weighted by Crippen LogP contribution is 2.09. The van der Waals surface area contributed by atoms with E-state index in [0.29, 0.717) is 11.5 Å². The predicted molar refractivity (Wildman–Crippen MR) is 70.2 cm³/mol. The summed E-state index contributed by atoms with van der Waals surface area (Å²) in [6.07, 6.45) is -0.260. The van der Waals surface area contributed by atoms with Gasteiger partial charge in [0.15, 0.2) is 6.29 Å². The number of para-hydroxylation sites is 1. The number of thioether (sulfide) groups is 1. The van der Waals surface area contributed by atoms with Crippen LogP contribution < -0.4 is 5.32 Å². The largest absolute Gasteiger partial charge is 0.355 e. The van der Waals surface area contributed by atoms with Crippen LogP contribution in [-0.2, 0) is 14.3 Å². The molecule has 0 aliphatic rings. The Morgan fingerprint density at radius 3 is 2.53 bits per heavy atom. The molecule has 0 aliphatic carbocycles. The molecule has 0 spiro atoms. The molecule has 0 radical (unpaired) electrons. The molecule has 94 valence electrons. The minimum absolute atomic E-state index is 0.0212. The standard InChI is InChI=1S/C12H17NO3S/c1-15-12(16-2)9-17-8-11(14)13-10-6-4-3-5-7-10/h3-7,12H,8-9H2,1-2H3,(H,13,14). The van der Waals surface area contributed by atoms with Crippen LogP contribution >= 0.6 is 11.8 Å². The summed E-state index contributed by atoms with van der Waals surface area (Å²) in [6.45, 7) is 0. The summed E-state index contributed by atoms with van der Waals surface area (Å²) in [6, 6.07) is 9.39. The molecule has 4 nitrogen and oxygen atoms in total. The molecule has 0 atom stereocenters. The van der Waals surface area contributed by atoms with Crippen LogP contribution in [0.3, 0.4) is 0 Å². The predicted octanol–water partition coefficient (Wildman–Crippen LogP) is 1.98. The van der Waals surface area contributed by atoms with Gasteiger partial charge in [-0.25, -0.2) is 0 Å². The molecule has 0 saturated heterocycles. The molecule has 17 heavy (non-hydrogen) atoms. The highest BCUT2D eigenvalue weighted by atomic mass is 32.2. The molecule has 1 aromatic carbocycles. The third kappa shape index (κ3) is 5.72. The van der Waals surface area contributed by atoms with Gasteiger partial charge >= 0.3 is 0 Å². The summed E-state index contributed by atoms with van der Waals surface area (Å²) in [5.74, 6) is 1.00. The molecule has 1 N–H and O–H groups in total. The van der Waals surface area contributed by atoms with Crippen LogP contribution in [0.1, 0.15) is 0 Å². The van der Waals surface area contributed by atoms with E-state index in [1.807, 2.05) is 30.3 Å². The zero-order valence-electron chi connectivity index (χ0n) is 10.0. The number of amides is 1. The van der Waals surface area contributed by atoms with Gasteiger partial charge in [0.2, 0.25) is 5.91 Å². The summed E-state index contributed by atoms with van der Waals surface area (Å²) < 4.78 is 10.0. The SMILES string of the molecule is COC(CSCC(=O)Nc1ccccc1)OC. The Morgan fingerprint density at radius 1 is 1.29 bits per heavy atom. The number of hydrogen-bond acceptors (Lipinski definition) is 4. The number of hydrogen-bond donors (Lipinski definition) is 1. The van der Waals surface area contributed by atoms with Gasteiger partial charge in [-0.1, -0.05) is 18.2 Å². The van der Waals surface area contributed by atoms with Gasteiger partial charge in [0.05, 0.1) is 5.75 Å². The van der Waals surface area contributed by atoms with Crippen molar-refractivity contribution in [2.75, 3.05) is 31.0 Å². The Bertz CT molecular complexity index is 328. The first-order valence-electron chi connectivity index (χ1n) is 5.24. The van der Waals surface area contributed by atoms with Crippen molar-refractivity contribution in [3.63, 3.8) is 0 Å². The number of nitrogens with one attached hydrogen (secondary N) is 1. The Labute approximate surface area is 106 Å². The smallest absolute Gasteiger partial charge is 0.234 e. The summed E-state index contributed by atoms with van der Waals surface area (Å²) in [5.41, 5.74) is 0.813. The van der Waals surface area contributed by atoms with Gasteiger partial charge in [0, 0.05) is 25.7 Å². The van der Waals surface area contributed by atoms with E-state index in [4.69, 9.17) is 9.47 Å². The maximum Gasteiger partial charge on any atom is 0.234 e. The second-order valence-corrected chi connectivity index (χ2v) is 4.36. The minimum Gasteiger partial charge on any atom is -0.355 e. The molecule has 0 aromatic heterocycles. The molecule has 0 saturated carbocycles. The molecule has 1 aromatic rings. The fourth-order valence-electron chi connectivity index (χ4n) is 1.20. The van der Waals surface area contributed by atoms with Gasteiger partial charge in [-0.2, -0.15) is 0 Å². The van der Waals surface area contributed by atoms with Gasteiger partial charge in [-0.15, -0.1) is 11.8 Å². The van der Waals surface area contributed by atoms with Crippen LogP contribution in [0.15, 0.2) is 30.3 Å². The van der Waals surface area contributed by atoms with E-state index in [1.54, 1.807) is 14.2 Å². The lowest BCUT2D eigenvalue weighted by molar-refractivity contribution is -0.113. The second-order valence-electron chi connectivity index (χ2n) is 3.33. The molecule has 5 heteroatoms. The van der Waals surface area contributed by atoms with Crippen LogP contribution in [-0.4, -0.2) is 37.9 Å². The lowest BCUT2D eigenvalue weighted by atomic mass is 10.3. The third-order valence-corrected chi connectivity index (χ3v) is 3.04. The van der Waals surface area contributed by atoms with E-state index in [1.165, 1.54) is 11.8 Å². The number of rotatable bonds is 7. The van der Waals surface area contributed by atoms with Crippen LogP contribution in [0.4, 0.5) is 5.69 Å². The Morgan fingerprint density at radius 2 is 1.94 bits per heavy atom. The topological polar surface area (TPSA) is 47.6 Å². The summed E-state index contributed by atoms with van der Waals surface area (Å²) >= 11 is 1.48. The molecule has 0 aliphatic heterocycles. The number of ether oxygens (including phenoxy) is 2. The highest BCUT2D eigenvalue weighted by molar-refractivity contribution is 8.00. The first-order valence-corrected chi connectivity index (χ1v) is 6.40. The highest BCUT2D eigenvalue weighted by Gasteiger charge is 2.07. The maximum atomic E-state index is 11.6. The van der Waals surface area contributed by atoms with Gasteiger partial charge in [-0.05, 0) is 12.1 Å². The lowest BCUT2D eigenvalue weighted by Crippen LogP contribution is -2.19. The molecule has 0 unspecified atom stereocenters. The minimum atomic E-state index is -0.260. The average molecular weight is 255 g/mol. The monoisotopic (exact) mass is 255 g/mol. The van der Waals surface area contributed by atoms with E-state index < -0.39 is 0 Å². The fourth-order valence-corrected chi connectivity index (χ4v) is 2.04. The van der Waals surface area contributed by atoms with Crippen molar-refractivity contribution in [1.29, 1.82) is 0 Å². The Kier molecular flexibility index (Phi) is 6.69. The summed E-state index contributed by atoms with van der Waals surface area (Å²) in [4.78, 5) is 11.6. The van der Waals surface area contributed by atoms with Crippen molar-refractivity contribution in [3.05, 3.63) is 30.3 Å². The number of carbonyl (C=O) groups is 1. The van der Waals surface area contributed by atoms with E-state index in [2.05, 4.69) is 5.32 Å². The fraction of sp³-hybridized carbons (Fsp3) is 0.417. The zero-order valence-corrected chi connectivity index (χ0v) is 10.8. The first kappa shape index (κ1) is 14.0. The molecular weight excluding hydrogens is 238 g/mol. The third-order valence-electron chi connectivity index (χ3n) is 2.07. The quantitative estimate of drug-likeness (QED) is 0.757.